The van der Waals surface area contributed by atoms with Gasteiger partial charge in [0.1, 0.15) is 15.2 Å². The minimum absolute atomic E-state index is 0.0641. The highest BCUT2D eigenvalue weighted by molar-refractivity contribution is 14.1. The molecule has 1 aliphatic heterocycles. The summed E-state index contributed by atoms with van der Waals surface area (Å²) < 4.78 is 2.50. The molecule has 34 heavy (non-hydrogen) atoms. The molecule has 1 aromatic carbocycles. The lowest BCUT2D eigenvalue weighted by Crippen LogP contribution is -2.60. The first-order valence-corrected chi connectivity index (χ1v) is 12.6. The van der Waals surface area contributed by atoms with Crippen LogP contribution in [0.4, 0.5) is 0 Å². The Kier molecular flexibility index (Phi) is 6.78. The zero-order valence-corrected chi connectivity index (χ0v) is 22.6. The summed E-state index contributed by atoms with van der Waals surface area (Å²) in [5.41, 5.74) is 3.39. The largest absolute Gasteiger partial charge is 0.344 e. The summed E-state index contributed by atoms with van der Waals surface area (Å²) in [5.74, 6) is 0.517. The van der Waals surface area contributed by atoms with Gasteiger partial charge < -0.3 is 14.8 Å². The Balaban J connectivity index is 1.47. The normalized spacial score (nSPS) is 14.4. The Morgan fingerprint density at radius 3 is 2.68 bits per heavy atom. The Morgan fingerprint density at radius 2 is 2.03 bits per heavy atom. The van der Waals surface area contributed by atoms with Crippen molar-refractivity contribution in [2.75, 3.05) is 13.1 Å². The molecule has 0 saturated carbocycles. The molecule has 8 nitrogen and oxygen atoms in total. The van der Waals surface area contributed by atoms with Crippen LogP contribution in [0.3, 0.4) is 0 Å². The molecular formula is C24H28ClIN6O2. The molecule has 0 atom stereocenters. The van der Waals surface area contributed by atoms with Crippen LogP contribution in [0.25, 0.3) is 10.9 Å². The van der Waals surface area contributed by atoms with E-state index in [1.54, 1.807) is 4.90 Å². The van der Waals surface area contributed by atoms with Gasteiger partial charge in [-0.1, -0.05) is 39.0 Å². The van der Waals surface area contributed by atoms with E-state index in [4.69, 9.17) is 11.6 Å². The van der Waals surface area contributed by atoms with Crippen LogP contribution in [0.5, 0.6) is 0 Å². The van der Waals surface area contributed by atoms with Crippen LogP contribution < -0.4 is 5.32 Å². The first-order chi connectivity index (χ1) is 16.0. The van der Waals surface area contributed by atoms with E-state index >= 15 is 0 Å². The second-order valence-corrected chi connectivity index (χ2v) is 11.1. The quantitative estimate of drug-likeness (QED) is 0.336. The standard InChI is InChI=1S/C24H28ClIN6O2/c1-6-20(33)32-11-13(12-32)27-23(34)21-22(26)28-19(31(21)5)8-7-17-14-9-15(24(2,3)4)16(25)10-18(14)30-29-17/h6,9-10,13H,1,7-8,11-12H2,2-5H3,(H,27,34)(H,29,30). The lowest BCUT2D eigenvalue weighted by atomic mass is 9.86. The van der Waals surface area contributed by atoms with Gasteiger partial charge in [0.25, 0.3) is 5.91 Å². The number of fused-ring (bicyclic) bond motifs is 1. The number of rotatable bonds is 6. The van der Waals surface area contributed by atoms with Crippen LogP contribution in [0.1, 0.15) is 48.3 Å². The summed E-state index contributed by atoms with van der Waals surface area (Å²) >= 11 is 8.59. The van der Waals surface area contributed by atoms with Gasteiger partial charge >= 0.3 is 0 Å². The van der Waals surface area contributed by atoms with Crippen molar-refractivity contribution < 1.29 is 9.59 Å². The number of nitrogens with zero attached hydrogens (tertiary/aromatic N) is 4. The van der Waals surface area contributed by atoms with Crippen LogP contribution in [-0.2, 0) is 30.1 Å². The lowest BCUT2D eigenvalue weighted by molar-refractivity contribution is -0.130. The SMILES string of the molecule is C=CC(=O)N1CC(NC(=O)c2c(I)nc(CCc3[nH]nc4cc(Cl)c(C(C)(C)C)cc34)n2C)C1. The van der Waals surface area contributed by atoms with Crippen molar-refractivity contribution >= 4 is 56.9 Å². The predicted octanol–water partition coefficient (Wildman–Crippen LogP) is 3.76. The molecule has 2 amide bonds. The fourth-order valence-corrected chi connectivity index (χ4v) is 5.52. The number of hydrogen-bond acceptors (Lipinski definition) is 4. The molecule has 3 aromatic rings. The molecule has 10 heteroatoms. The van der Waals surface area contributed by atoms with Gasteiger partial charge in [0, 0.05) is 42.7 Å². The average Bonchev–Trinajstić information content (AvgIpc) is 3.25. The summed E-state index contributed by atoms with van der Waals surface area (Å²) in [6, 6.07) is 3.97. The van der Waals surface area contributed by atoms with Gasteiger partial charge in [0.2, 0.25) is 5.91 Å². The fourth-order valence-electron chi connectivity index (χ4n) is 4.20. The Bertz CT molecular complexity index is 1280. The molecule has 3 heterocycles. The number of amides is 2. The number of likely N-dealkylation sites (tertiary alicyclic amines) is 1. The number of nitrogens with one attached hydrogen (secondary N) is 2. The molecule has 0 unspecified atom stereocenters. The zero-order valence-electron chi connectivity index (χ0n) is 19.7. The maximum absolute atomic E-state index is 12.9. The number of halogens is 2. The zero-order chi connectivity index (χ0) is 24.8. The Hall–Kier alpha value is -2.40. The van der Waals surface area contributed by atoms with Crippen LogP contribution in [-0.4, -0.2) is 55.6 Å². The third-order valence-electron chi connectivity index (χ3n) is 6.19. The van der Waals surface area contributed by atoms with E-state index in [0.29, 0.717) is 35.3 Å². The second-order valence-electron chi connectivity index (χ2n) is 9.65. The van der Waals surface area contributed by atoms with Gasteiger partial charge in [0.05, 0.1) is 11.6 Å². The third kappa shape index (κ3) is 4.72. The number of carbonyl (C=O) groups is 2. The molecule has 1 fully saturated rings. The summed E-state index contributed by atoms with van der Waals surface area (Å²) in [7, 11) is 1.86. The number of hydrogen-bond donors (Lipinski definition) is 2. The molecule has 0 spiro atoms. The molecule has 2 N–H and O–H groups in total. The summed E-state index contributed by atoms with van der Waals surface area (Å²) in [4.78, 5) is 30.8. The molecule has 0 bridgehead atoms. The van der Waals surface area contributed by atoms with E-state index in [1.807, 2.05) is 17.7 Å². The fraction of sp³-hybridized carbons (Fsp3) is 0.417. The number of aryl methyl sites for hydroxylation is 2. The van der Waals surface area contributed by atoms with Crippen LogP contribution in [0, 0.1) is 3.70 Å². The van der Waals surface area contributed by atoms with Gasteiger partial charge in [-0.25, -0.2) is 4.98 Å². The summed E-state index contributed by atoms with van der Waals surface area (Å²) in [6.45, 7) is 10.9. The van der Waals surface area contributed by atoms with E-state index in [1.165, 1.54) is 6.08 Å². The third-order valence-corrected chi connectivity index (χ3v) is 7.26. The molecule has 180 valence electrons. The second kappa shape index (κ2) is 9.33. The van der Waals surface area contributed by atoms with Gasteiger partial charge in [-0.15, -0.1) is 0 Å². The molecule has 0 radical (unpaired) electrons. The molecule has 4 rings (SSSR count). The maximum Gasteiger partial charge on any atom is 0.271 e. The average molecular weight is 595 g/mol. The highest BCUT2D eigenvalue weighted by Crippen LogP contribution is 2.33. The summed E-state index contributed by atoms with van der Waals surface area (Å²) in [5, 5.41) is 12.3. The molecule has 0 aliphatic carbocycles. The topological polar surface area (TPSA) is 95.9 Å². The van der Waals surface area contributed by atoms with Gasteiger partial charge in [-0.3, -0.25) is 14.7 Å². The van der Waals surface area contributed by atoms with E-state index in [2.05, 4.69) is 76.5 Å². The number of H-pyrrole nitrogens is 1. The van der Waals surface area contributed by atoms with E-state index in [-0.39, 0.29) is 23.3 Å². The van der Waals surface area contributed by atoms with Gasteiger partial charge in [-0.05, 0) is 58.2 Å². The van der Waals surface area contributed by atoms with Crippen LogP contribution >= 0.6 is 34.2 Å². The Morgan fingerprint density at radius 1 is 1.32 bits per heavy atom. The number of carbonyl (C=O) groups excluding carboxylic acids is 2. The smallest absolute Gasteiger partial charge is 0.271 e. The molecular weight excluding hydrogens is 567 g/mol. The monoisotopic (exact) mass is 594 g/mol. The highest BCUT2D eigenvalue weighted by Gasteiger charge is 2.32. The van der Waals surface area contributed by atoms with Crippen molar-refractivity contribution in [3.63, 3.8) is 0 Å². The number of benzene rings is 1. The lowest BCUT2D eigenvalue weighted by Gasteiger charge is -2.38. The Labute approximate surface area is 217 Å². The number of aromatic nitrogens is 4. The molecule has 1 aliphatic rings. The predicted molar refractivity (Wildman–Crippen MR) is 141 cm³/mol. The van der Waals surface area contributed by atoms with E-state index < -0.39 is 0 Å². The van der Waals surface area contributed by atoms with Crippen LogP contribution in [0.15, 0.2) is 24.8 Å². The van der Waals surface area contributed by atoms with Gasteiger partial charge in [0.15, 0.2) is 0 Å². The van der Waals surface area contributed by atoms with Crippen LogP contribution in [0.2, 0.25) is 5.02 Å². The highest BCUT2D eigenvalue weighted by atomic mass is 127. The van der Waals surface area contributed by atoms with Crippen molar-refractivity contribution in [2.45, 2.75) is 45.1 Å². The minimum atomic E-state index is -0.183. The van der Waals surface area contributed by atoms with Crippen molar-refractivity contribution in [3.05, 3.63) is 56.3 Å². The van der Waals surface area contributed by atoms with Gasteiger partial charge in [-0.2, -0.15) is 5.10 Å². The first kappa shape index (κ1) is 24.7. The van der Waals surface area contributed by atoms with Crippen molar-refractivity contribution in [3.8, 4) is 0 Å². The van der Waals surface area contributed by atoms with E-state index in [9.17, 15) is 9.59 Å². The molecule has 1 saturated heterocycles. The van der Waals surface area contributed by atoms with Crippen molar-refractivity contribution in [2.24, 2.45) is 7.05 Å². The van der Waals surface area contributed by atoms with E-state index in [0.717, 1.165) is 33.0 Å². The van der Waals surface area contributed by atoms with Crippen molar-refractivity contribution in [1.82, 2.24) is 30.0 Å². The summed E-state index contributed by atoms with van der Waals surface area (Å²) in [6.07, 6.45) is 2.64. The maximum atomic E-state index is 12.9. The number of aromatic amines is 1. The molecule has 2 aromatic heterocycles. The van der Waals surface area contributed by atoms with Crippen molar-refractivity contribution in [1.29, 1.82) is 0 Å². The first-order valence-electron chi connectivity index (χ1n) is 11.1. The number of imidazole rings is 1. The minimum Gasteiger partial charge on any atom is -0.344 e.